The van der Waals surface area contributed by atoms with Crippen LogP contribution in [0.15, 0.2) is 76.0 Å². The van der Waals surface area contributed by atoms with Crippen LogP contribution in [0.4, 0.5) is 15.8 Å². The summed E-state index contributed by atoms with van der Waals surface area (Å²) in [5.41, 5.74) is 6.96. The monoisotopic (exact) mass is 390 g/mol. The summed E-state index contributed by atoms with van der Waals surface area (Å²) in [6.45, 7) is 2.09. The Bertz CT molecular complexity index is 955. The van der Waals surface area contributed by atoms with E-state index in [1.807, 2.05) is 60.7 Å². The molecule has 0 aliphatic carbocycles. The van der Waals surface area contributed by atoms with Gasteiger partial charge < -0.3 is 4.90 Å². The van der Waals surface area contributed by atoms with Crippen LogP contribution in [0, 0.1) is 0 Å². The Balaban J connectivity index is 1.59. The average Bonchev–Trinajstić information content (AvgIpc) is 3.16. The molecule has 0 amide bonds. The molecule has 28 heavy (non-hydrogen) atoms. The van der Waals surface area contributed by atoms with Gasteiger partial charge >= 0.3 is 0 Å². The lowest BCUT2D eigenvalue weighted by Crippen LogP contribution is -2.30. The number of anilines is 1. The first-order chi connectivity index (χ1) is 13.8. The third-order valence-corrected chi connectivity index (χ3v) is 5.39. The van der Waals surface area contributed by atoms with Gasteiger partial charge in [0.05, 0.1) is 5.69 Å². The van der Waals surface area contributed by atoms with Crippen molar-refractivity contribution in [1.82, 2.24) is 9.88 Å². The van der Waals surface area contributed by atoms with Crippen LogP contribution >= 0.6 is 11.3 Å². The molecule has 0 atom stereocenters. The van der Waals surface area contributed by atoms with E-state index in [2.05, 4.69) is 32.7 Å². The van der Waals surface area contributed by atoms with E-state index in [4.69, 9.17) is 4.98 Å². The van der Waals surface area contributed by atoms with Gasteiger partial charge in [-0.05, 0) is 19.2 Å². The van der Waals surface area contributed by atoms with Gasteiger partial charge in [-0.15, -0.1) is 10.2 Å². The average molecular weight is 391 g/mol. The van der Waals surface area contributed by atoms with Crippen molar-refractivity contribution in [2.24, 2.45) is 15.3 Å². The first-order valence-electron chi connectivity index (χ1n) is 9.31. The van der Waals surface area contributed by atoms with Crippen molar-refractivity contribution in [3.05, 3.63) is 60.7 Å². The molecule has 3 aromatic rings. The minimum Gasteiger partial charge on any atom is -0.306 e. The Morgan fingerprint density at radius 3 is 2.32 bits per heavy atom. The Morgan fingerprint density at radius 1 is 0.929 bits per heavy atom. The van der Waals surface area contributed by atoms with Gasteiger partial charge in [0.15, 0.2) is 5.00 Å². The Hall–Kier alpha value is -2.90. The molecule has 0 saturated carbocycles. The first kappa shape index (κ1) is 18.5. The normalized spacial score (nSPS) is 15.1. The van der Waals surface area contributed by atoms with Crippen molar-refractivity contribution >= 4 is 32.9 Å². The van der Waals surface area contributed by atoms with Gasteiger partial charge in [0.1, 0.15) is 5.69 Å². The molecule has 0 radical (unpaired) electrons. The van der Waals surface area contributed by atoms with E-state index in [0.717, 1.165) is 53.0 Å². The van der Waals surface area contributed by atoms with Gasteiger partial charge in [0.2, 0.25) is 5.13 Å². The van der Waals surface area contributed by atoms with Crippen molar-refractivity contribution in [2.75, 3.05) is 25.6 Å². The van der Waals surface area contributed by atoms with Crippen molar-refractivity contribution in [3.8, 4) is 11.3 Å². The molecule has 1 fully saturated rings. The number of aromatic nitrogens is 1. The highest BCUT2D eigenvalue weighted by Gasteiger charge is 2.14. The third kappa shape index (κ3) is 4.68. The van der Waals surface area contributed by atoms with Gasteiger partial charge in [0, 0.05) is 37.2 Å². The van der Waals surface area contributed by atoms with Crippen molar-refractivity contribution < 1.29 is 0 Å². The standard InChI is InChI=1S/C21H22N6S/c1-27-14-12-18(13-15-27)24-26-21-22-19(16-8-4-2-5-9-16)20(28-21)25-23-17-10-6-3-7-11-17/h2-11H,12-15H2,1H3,(H,22,26). The van der Waals surface area contributed by atoms with Gasteiger partial charge in [-0.3, -0.25) is 5.43 Å². The number of likely N-dealkylation sites (tertiary alicyclic amines) is 1. The fourth-order valence-electron chi connectivity index (χ4n) is 2.92. The van der Waals surface area contributed by atoms with E-state index in [9.17, 15) is 0 Å². The second-order valence-electron chi connectivity index (χ2n) is 6.67. The van der Waals surface area contributed by atoms with E-state index in [1.54, 1.807) is 0 Å². The molecule has 2 aromatic carbocycles. The second-order valence-corrected chi connectivity index (χ2v) is 7.64. The number of nitrogens with one attached hydrogen (secondary N) is 1. The van der Waals surface area contributed by atoms with Crippen LogP contribution in [-0.2, 0) is 0 Å². The largest absolute Gasteiger partial charge is 0.306 e. The number of azo groups is 1. The smallest absolute Gasteiger partial charge is 0.206 e. The molecule has 1 aromatic heterocycles. The van der Waals surface area contributed by atoms with Gasteiger partial charge in [-0.2, -0.15) is 5.10 Å². The zero-order valence-corrected chi connectivity index (χ0v) is 16.6. The van der Waals surface area contributed by atoms with E-state index in [0.29, 0.717) is 0 Å². The van der Waals surface area contributed by atoms with Gasteiger partial charge in [0.25, 0.3) is 0 Å². The number of hydrazone groups is 1. The van der Waals surface area contributed by atoms with E-state index < -0.39 is 0 Å². The number of piperidine rings is 1. The van der Waals surface area contributed by atoms with E-state index >= 15 is 0 Å². The summed E-state index contributed by atoms with van der Waals surface area (Å²) >= 11 is 1.46. The Kier molecular flexibility index (Phi) is 5.84. The lowest BCUT2D eigenvalue weighted by atomic mass is 10.1. The fourth-order valence-corrected chi connectivity index (χ4v) is 3.68. The molecule has 0 bridgehead atoms. The van der Waals surface area contributed by atoms with Crippen LogP contribution in [-0.4, -0.2) is 35.7 Å². The first-order valence-corrected chi connectivity index (χ1v) is 10.1. The van der Waals surface area contributed by atoms with Crippen LogP contribution in [0.5, 0.6) is 0 Å². The minimum atomic E-state index is 0.729. The van der Waals surface area contributed by atoms with Gasteiger partial charge in [-0.25, -0.2) is 4.98 Å². The zero-order chi connectivity index (χ0) is 19.2. The third-order valence-electron chi connectivity index (χ3n) is 4.54. The summed E-state index contributed by atoms with van der Waals surface area (Å²) in [5.74, 6) is 0. The summed E-state index contributed by atoms with van der Waals surface area (Å²) in [6, 6.07) is 19.8. The number of benzene rings is 2. The quantitative estimate of drug-likeness (QED) is 0.448. The van der Waals surface area contributed by atoms with Crippen LogP contribution in [0.1, 0.15) is 12.8 Å². The number of hydrogen-bond acceptors (Lipinski definition) is 7. The highest BCUT2D eigenvalue weighted by atomic mass is 32.1. The van der Waals surface area contributed by atoms with Crippen LogP contribution in [0.25, 0.3) is 11.3 Å². The molecule has 1 saturated heterocycles. The lowest BCUT2D eigenvalue weighted by molar-refractivity contribution is 0.336. The molecule has 0 unspecified atom stereocenters. The number of hydrogen-bond donors (Lipinski definition) is 1. The van der Waals surface area contributed by atoms with Crippen molar-refractivity contribution in [3.63, 3.8) is 0 Å². The van der Waals surface area contributed by atoms with Crippen LogP contribution in [0.3, 0.4) is 0 Å². The molecule has 7 heteroatoms. The molecule has 1 aliphatic heterocycles. The highest BCUT2D eigenvalue weighted by Crippen LogP contribution is 2.39. The maximum absolute atomic E-state index is 4.73. The van der Waals surface area contributed by atoms with Gasteiger partial charge in [-0.1, -0.05) is 59.9 Å². The topological polar surface area (TPSA) is 65.2 Å². The van der Waals surface area contributed by atoms with E-state index in [1.165, 1.54) is 17.0 Å². The summed E-state index contributed by atoms with van der Waals surface area (Å²) < 4.78 is 0. The summed E-state index contributed by atoms with van der Waals surface area (Å²) in [5, 5.41) is 14.9. The maximum Gasteiger partial charge on any atom is 0.206 e. The maximum atomic E-state index is 4.73. The Labute approximate surface area is 168 Å². The predicted octanol–water partition coefficient (Wildman–Crippen LogP) is 5.72. The molecular formula is C21H22N6S. The fraction of sp³-hybridized carbons (Fsp3) is 0.238. The van der Waals surface area contributed by atoms with E-state index in [-0.39, 0.29) is 0 Å². The molecule has 142 valence electrons. The molecule has 0 spiro atoms. The molecular weight excluding hydrogens is 368 g/mol. The highest BCUT2D eigenvalue weighted by molar-refractivity contribution is 7.19. The predicted molar refractivity (Wildman–Crippen MR) is 116 cm³/mol. The summed E-state index contributed by atoms with van der Waals surface area (Å²) in [6.07, 6.45) is 1.97. The van der Waals surface area contributed by atoms with Crippen molar-refractivity contribution in [1.29, 1.82) is 0 Å². The molecule has 4 rings (SSSR count). The van der Waals surface area contributed by atoms with Crippen LogP contribution < -0.4 is 5.43 Å². The zero-order valence-electron chi connectivity index (χ0n) is 15.7. The summed E-state index contributed by atoms with van der Waals surface area (Å²) in [7, 11) is 2.14. The number of thiazole rings is 1. The summed E-state index contributed by atoms with van der Waals surface area (Å²) in [4.78, 5) is 7.05. The van der Waals surface area contributed by atoms with Crippen molar-refractivity contribution in [2.45, 2.75) is 12.8 Å². The second kappa shape index (κ2) is 8.86. The number of nitrogens with zero attached hydrogens (tertiary/aromatic N) is 5. The molecule has 6 nitrogen and oxygen atoms in total. The number of rotatable bonds is 5. The minimum absolute atomic E-state index is 0.729. The SMILES string of the molecule is CN1CCC(=NNc2nc(-c3ccccc3)c(N=Nc3ccccc3)s2)CC1. The van der Waals surface area contributed by atoms with Crippen LogP contribution in [0.2, 0.25) is 0 Å². The molecule has 2 heterocycles. The molecule has 1 aliphatic rings. The lowest BCUT2D eigenvalue weighted by Gasteiger charge is -2.22. The Morgan fingerprint density at radius 2 is 1.61 bits per heavy atom. The molecule has 1 N–H and O–H groups in total.